The molecular weight excluding hydrogens is 230 g/mol. The average molecular weight is 249 g/mol. The van der Waals surface area contributed by atoms with E-state index in [0.717, 1.165) is 37.5 Å². The standard InChI is InChI=1S/C14H19NO3/c1-7(14(17)18)15-13(16)12-10-3-8-2-9(5-10)6-11(12)4-8/h8-12H,1-6H2,(H,15,16)(H,17,18). The zero-order valence-electron chi connectivity index (χ0n) is 10.4. The molecule has 0 aromatic carbocycles. The summed E-state index contributed by atoms with van der Waals surface area (Å²) >= 11 is 0. The first-order valence-electron chi connectivity index (χ1n) is 6.77. The van der Waals surface area contributed by atoms with Gasteiger partial charge in [-0.25, -0.2) is 4.79 Å². The van der Waals surface area contributed by atoms with Gasteiger partial charge in [0.25, 0.3) is 0 Å². The molecule has 2 N–H and O–H groups in total. The molecule has 0 unspecified atom stereocenters. The van der Waals surface area contributed by atoms with Crippen molar-refractivity contribution in [3.05, 3.63) is 12.3 Å². The minimum atomic E-state index is -1.15. The number of carbonyl (C=O) groups is 2. The van der Waals surface area contributed by atoms with Crippen molar-refractivity contribution in [3.8, 4) is 0 Å². The van der Waals surface area contributed by atoms with E-state index in [2.05, 4.69) is 11.9 Å². The van der Waals surface area contributed by atoms with E-state index in [4.69, 9.17) is 5.11 Å². The summed E-state index contributed by atoms with van der Waals surface area (Å²) in [6.45, 7) is 3.38. The maximum atomic E-state index is 12.2. The first-order valence-corrected chi connectivity index (χ1v) is 6.77. The van der Waals surface area contributed by atoms with Gasteiger partial charge in [-0.1, -0.05) is 6.58 Å². The van der Waals surface area contributed by atoms with Gasteiger partial charge in [0.15, 0.2) is 0 Å². The van der Waals surface area contributed by atoms with Crippen LogP contribution in [0.25, 0.3) is 0 Å². The van der Waals surface area contributed by atoms with Crippen LogP contribution >= 0.6 is 0 Å². The fraction of sp³-hybridized carbons (Fsp3) is 0.714. The third-order valence-electron chi connectivity index (χ3n) is 5.06. The van der Waals surface area contributed by atoms with E-state index in [9.17, 15) is 9.59 Å². The lowest BCUT2D eigenvalue weighted by molar-refractivity contribution is -0.140. The summed E-state index contributed by atoms with van der Waals surface area (Å²) < 4.78 is 0. The van der Waals surface area contributed by atoms with Crippen molar-refractivity contribution in [2.45, 2.75) is 32.1 Å². The summed E-state index contributed by atoms with van der Waals surface area (Å²) in [5.41, 5.74) is -0.200. The van der Waals surface area contributed by atoms with Gasteiger partial charge in [0.1, 0.15) is 5.70 Å². The van der Waals surface area contributed by atoms with E-state index in [0.29, 0.717) is 11.8 Å². The molecule has 98 valence electrons. The number of nitrogens with one attached hydrogen (secondary N) is 1. The molecular formula is C14H19NO3. The van der Waals surface area contributed by atoms with Crippen molar-refractivity contribution in [3.63, 3.8) is 0 Å². The molecule has 1 amide bonds. The van der Waals surface area contributed by atoms with Crippen LogP contribution in [0.3, 0.4) is 0 Å². The van der Waals surface area contributed by atoms with Crippen LogP contribution in [0.5, 0.6) is 0 Å². The Bertz CT molecular complexity index is 387. The normalized spacial score (nSPS) is 40.6. The summed E-state index contributed by atoms with van der Waals surface area (Å²) in [5, 5.41) is 11.2. The fourth-order valence-electron chi connectivity index (χ4n) is 4.64. The van der Waals surface area contributed by atoms with Crippen LogP contribution in [0.1, 0.15) is 32.1 Å². The Kier molecular flexibility index (Phi) is 2.68. The Morgan fingerprint density at radius 2 is 1.50 bits per heavy atom. The van der Waals surface area contributed by atoms with E-state index in [1.54, 1.807) is 0 Å². The third-order valence-corrected chi connectivity index (χ3v) is 5.06. The topological polar surface area (TPSA) is 66.4 Å². The second-order valence-corrected chi connectivity index (χ2v) is 6.23. The number of carboxylic acid groups (broad SMARTS) is 1. The zero-order valence-corrected chi connectivity index (χ0v) is 10.4. The molecule has 4 aliphatic carbocycles. The molecule has 0 saturated heterocycles. The first kappa shape index (κ1) is 11.8. The van der Waals surface area contributed by atoms with Gasteiger partial charge >= 0.3 is 5.97 Å². The highest BCUT2D eigenvalue weighted by Crippen LogP contribution is 2.56. The van der Waals surface area contributed by atoms with Crippen LogP contribution < -0.4 is 5.32 Å². The molecule has 0 aliphatic heterocycles. The van der Waals surface area contributed by atoms with Gasteiger partial charge in [0.2, 0.25) is 5.91 Å². The first-order chi connectivity index (χ1) is 8.54. The van der Waals surface area contributed by atoms with E-state index in [1.165, 1.54) is 6.42 Å². The van der Waals surface area contributed by atoms with Crippen LogP contribution in [0.2, 0.25) is 0 Å². The van der Waals surface area contributed by atoms with Gasteiger partial charge in [-0.05, 0) is 55.8 Å². The predicted octanol–water partition coefficient (Wildman–Crippen LogP) is 1.77. The lowest BCUT2D eigenvalue weighted by Gasteiger charge is -2.53. The minimum Gasteiger partial charge on any atom is -0.477 e. The van der Waals surface area contributed by atoms with Crippen molar-refractivity contribution in [2.24, 2.45) is 29.6 Å². The lowest BCUT2D eigenvalue weighted by Crippen LogP contribution is -2.51. The van der Waals surface area contributed by atoms with Crippen LogP contribution in [-0.4, -0.2) is 17.0 Å². The molecule has 4 saturated carbocycles. The van der Waals surface area contributed by atoms with Crippen LogP contribution in [0, 0.1) is 29.6 Å². The lowest BCUT2D eigenvalue weighted by atomic mass is 9.51. The van der Waals surface area contributed by atoms with Gasteiger partial charge in [-0.3, -0.25) is 4.79 Å². The van der Waals surface area contributed by atoms with Crippen molar-refractivity contribution in [1.29, 1.82) is 0 Å². The number of carbonyl (C=O) groups excluding carboxylic acids is 1. The van der Waals surface area contributed by atoms with E-state index >= 15 is 0 Å². The molecule has 0 atom stereocenters. The molecule has 4 nitrogen and oxygen atoms in total. The van der Waals surface area contributed by atoms with Gasteiger partial charge in [-0.2, -0.15) is 0 Å². The molecule has 4 fully saturated rings. The molecule has 4 heteroatoms. The molecule has 0 aromatic rings. The van der Waals surface area contributed by atoms with Gasteiger partial charge < -0.3 is 10.4 Å². The van der Waals surface area contributed by atoms with Crippen molar-refractivity contribution >= 4 is 11.9 Å². The highest BCUT2D eigenvalue weighted by atomic mass is 16.4. The zero-order chi connectivity index (χ0) is 12.9. The van der Waals surface area contributed by atoms with Gasteiger partial charge in [-0.15, -0.1) is 0 Å². The van der Waals surface area contributed by atoms with Crippen molar-refractivity contribution in [2.75, 3.05) is 0 Å². The Labute approximate surface area is 106 Å². The molecule has 0 spiro atoms. The third kappa shape index (κ3) is 1.84. The summed E-state index contributed by atoms with van der Waals surface area (Å²) in [7, 11) is 0. The van der Waals surface area contributed by atoms with Gasteiger partial charge in [0, 0.05) is 5.92 Å². The van der Waals surface area contributed by atoms with E-state index < -0.39 is 5.97 Å². The average Bonchev–Trinajstić information content (AvgIpc) is 2.26. The Hall–Kier alpha value is -1.32. The SMILES string of the molecule is C=C(NC(=O)C1C2CC3CC(C2)CC1C3)C(=O)O. The number of hydrogen-bond donors (Lipinski definition) is 2. The second kappa shape index (κ2) is 4.11. The minimum absolute atomic E-state index is 0.0221. The fourth-order valence-corrected chi connectivity index (χ4v) is 4.64. The molecule has 0 aromatic heterocycles. The molecule has 0 radical (unpaired) electrons. The number of amides is 1. The monoisotopic (exact) mass is 249 g/mol. The van der Waals surface area contributed by atoms with Crippen molar-refractivity contribution < 1.29 is 14.7 Å². The van der Waals surface area contributed by atoms with E-state index in [1.807, 2.05) is 0 Å². The Morgan fingerprint density at radius 1 is 1.00 bits per heavy atom. The van der Waals surface area contributed by atoms with Gasteiger partial charge in [0.05, 0.1) is 0 Å². The number of rotatable bonds is 3. The highest BCUT2D eigenvalue weighted by Gasteiger charge is 2.50. The maximum absolute atomic E-state index is 12.2. The van der Waals surface area contributed by atoms with Crippen LogP contribution in [0.4, 0.5) is 0 Å². The molecule has 4 rings (SSSR count). The largest absolute Gasteiger partial charge is 0.477 e. The number of carboxylic acids is 1. The second-order valence-electron chi connectivity index (χ2n) is 6.23. The highest BCUT2D eigenvalue weighted by molar-refractivity contribution is 5.93. The molecule has 18 heavy (non-hydrogen) atoms. The number of aliphatic carboxylic acids is 1. The summed E-state index contributed by atoms with van der Waals surface area (Å²) in [6, 6.07) is 0. The molecule has 0 heterocycles. The smallest absolute Gasteiger partial charge is 0.351 e. The molecule has 4 aliphatic rings. The Morgan fingerprint density at radius 3 is 1.94 bits per heavy atom. The summed E-state index contributed by atoms with van der Waals surface area (Å²) in [4.78, 5) is 22.9. The predicted molar refractivity (Wildman–Crippen MR) is 65.5 cm³/mol. The quantitative estimate of drug-likeness (QED) is 0.749. The number of hydrogen-bond acceptors (Lipinski definition) is 2. The van der Waals surface area contributed by atoms with E-state index in [-0.39, 0.29) is 17.5 Å². The van der Waals surface area contributed by atoms with Crippen LogP contribution in [0.15, 0.2) is 12.3 Å². The van der Waals surface area contributed by atoms with Crippen LogP contribution in [-0.2, 0) is 9.59 Å². The maximum Gasteiger partial charge on any atom is 0.351 e. The Balaban J connectivity index is 1.71. The molecule has 4 bridgehead atoms. The summed E-state index contributed by atoms with van der Waals surface area (Å²) in [5.74, 6) is 1.35. The van der Waals surface area contributed by atoms with Crippen molar-refractivity contribution in [1.82, 2.24) is 5.32 Å². The summed E-state index contributed by atoms with van der Waals surface area (Å²) in [6.07, 6.45) is 5.98.